The molecule has 10 heteroatoms. The van der Waals surface area contributed by atoms with E-state index in [4.69, 9.17) is 5.11 Å². The maximum absolute atomic E-state index is 15.1. The molecule has 0 bridgehead atoms. The predicted octanol–water partition coefficient (Wildman–Crippen LogP) is 8.58. The number of azo groups is 1. The van der Waals surface area contributed by atoms with Gasteiger partial charge in [-0.25, -0.2) is 13.6 Å². The summed E-state index contributed by atoms with van der Waals surface area (Å²) < 4.78 is 35.3. The maximum Gasteiger partial charge on any atom is 0.511 e. The lowest BCUT2D eigenvalue weighted by molar-refractivity contribution is 0.144. The van der Waals surface area contributed by atoms with Gasteiger partial charge in [0.15, 0.2) is 23.1 Å². The van der Waals surface area contributed by atoms with Gasteiger partial charge >= 0.3 is 6.16 Å². The van der Waals surface area contributed by atoms with Gasteiger partial charge in [0.2, 0.25) is 5.88 Å². The summed E-state index contributed by atoms with van der Waals surface area (Å²) in [5.74, 6) is -2.77. The second-order valence-electron chi connectivity index (χ2n) is 9.28. The molecular weight excluding hydrogens is 520 g/mol. The number of halogens is 2. The highest BCUT2D eigenvalue weighted by Gasteiger charge is 2.23. The molecule has 5 rings (SSSR count). The van der Waals surface area contributed by atoms with Crippen LogP contribution in [0.15, 0.2) is 89.1 Å². The molecule has 1 aromatic heterocycles. The van der Waals surface area contributed by atoms with Crippen molar-refractivity contribution in [2.45, 2.75) is 19.8 Å². The minimum absolute atomic E-state index is 0.0274. The van der Waals surface area contributed by atoms with E-state index in [0.29, 0.717) is 16.8 Å². The molecule has 5 aromatic rings. The van der Waals surface area contributed by atoms with Gasteiger partial charge in [0, 0.05) is 11.3 Å². The molecule has 202 valence electrons. The number of phenols is 1. The molecule has 40 heavy (non-hydrogen) atoms. The molecule has 8 nitrogen and oxygen atoms in total. The molecular formula is C30H23F2N3O5. The number of carboxylic acid groups (broad SMARTS) is 1. The minimum Gasteiger partial charge on any atom is -0.505 e. The molecule has 3 N–H and O–H groups in total. The van der Waals surface area contributed by atoms with Crippen molar-refractivity contribution in [3.8, 4) is 34.2 Å². The van der Waals surface area contributed by atoms with E-state index in [1.54, 1.807) is 36.4 Å². The zero-order chi connectivity index (χ0) is 28.6. The summed E-state index contributed by atoms with van der Waals surface area (Å²) in [6, 6.07) is 20.2. The van der Waals surface area contributed by atoms with Crippen LogP contribution in [0.3, 0.4) is 0 Å². The number of aromatic hydroxyl groups is 2. The predicted molar refractivity (Wildman–Crippen MR) is 145 cm³/mol. The molecule has 0 aliphatic rings. The normalized spacial score (nSPS) is 11.5. The second kappa shape index (κ2) is 10.5. The number of hydrogen-bond donors (Lipinski definition) is 3. The number of rotatable bonds is 6. The number of phenolic OH excluding ortho intramolecular Hbond substituents is 1. The van der Waals surface area contributed by atoms with Crippen molar-refractivity contribution in [2.24, 2.45) is 10.2 Å². The van der Waals surface area contributed by atoms with Crippen LogP contribution >= 0.6 is 0 Å². The second-order valence-corrected chi connectivity index (χ2v) is 9.28. The van der Waals surface area contributed by atoms with Crippen LogP contribution in [0.1, 0.15) is 25.3 Å². The van der Waals surface area contributed by atoms with E-state index in [-0.39, 0.29) is 39.7 Å². The van der Waals surface area contributed by atoms with E-state index < -0.39 is 23.7 Å². The van der Waals surface area contributed by atoms with Gasteiger partial charge < -0.3 is 20.1 Å². The summed E-state index contributed by atoms with van der Waals surface area (Å²) in [5.41, 5.74) is 2.13. The van der Waals surface area contributed by atoms with Gasteiger partial charge in [-0.2, -0.15) is 0 Å². The van der Waals surface area contributed by atoms with Crippen LogP contribution in [0, 0.1) is 11.6 Å². The lowest BCUT2D eigenvalue weighted by atomic mass is 10.0. The monoisotopic (exact) mass is 543 g/mol. The number of aromatic nitrogens is 1. The Labute approximate surface area is 227 Å². The minimum atomic E-state index is -1.48. The van der Waals surface area contributed by atoms with E-state index in [9.17, 15) is 19.4 Å². The molecule has 1 heterocycles. The van der Waals surface area contributed by atoms with Crippen LogP contribution in [-0.2, 0) is 0 Å². The third kappa shape index (κ3) is 4.82. The Kier molecular flexibility index (Phi) is 6.91. The van der Waals surface area contributed by atoms with Crippen LogP contribution in [0.25, 0.3) is 27.7 Å². The number of fused-ring (bicyclic) bond motifs is 1. The molecule has 0 amide bonds. The van der Waals surface area contributed by atoms with Crippen molar-refractivity contribution in [3.63, 3.8) is 0 Å². The summed E-state index contributed by atoms with van der Waals surface area (Å²) in [5, 5.41) is 38.7. The van der Waals surface area contributed by atoms with Crippen LogP contribution < -0.4 is 4.74 Å². The molecule has 0 saturated heterocycles. The van der Waals surface area contributed by atoms with Gasteiger partial charge in [-0.15, -0.1) is 10.2 Å². The Morgan fingerprint density at radius 1 is 0.925 bits per heavy atom. The fourth-order valence-corrected chi connectivity index (χ4v) is 4.43. The first-order valence-corrected chi connectivity index (χ1v) is 12.2. The zero-order valence-corrected chi connectivity index (χ0v) is 21.3. The number of nitrogens with zero attached hydrogens (tertiary/aromatic N) is 3. The highest BCUT2D eigenvalue weighted by molar-refractivity contribution is 5.97. The van der Waals surface area contributed by atoms with Crippen molar-refractivity contribution in [1.29, 1.82) is 0 Å². The molecule has 0 spiro atoms. The average Bonchev–Trinajstić information content (AvgIpc) is 3.21. The van der Waals surface area contributed by atoms with Crippen molar-refractivity contribution in [1.82, 2.24) is 4.57 Å². The average molecular weight is 544 g/mol. The first-order valence-electron chi connectivity index (χ1n) is 12.2. The summed E-state index contributed by atoms with van der Waals surface area (Å²) in [6.07, 6.45) is -1.48. The number of benzene rings is 4. The van der Waals surface area contributed by atoms with Gasteiger partial charge in [0.05, 0.1) is 10.9 Å². The Hall–Kier alpha value is -5.25. The van der Waals surface area contributed by atoms with Crippen molar-refractivity contribution in [2.75, 3.05) is 0 Å². The van der Waals surface area contributed by atoms with Crippen molar-refractivity contribution in [3.05, 3.63) is 96.1 Å². The summed E-state index contributed by atoms with van der Waals surface area (Å²) in [4.78, 5) is 10.9. The summed E-state index contributed by atoms with van der Waals surface area (Å²) in [6.45, 7) is 4.08. The first kappa shape index (κ1) is 26.4. The van der Waals surface area contributed by atoms with E-state index >= 15 is 4.39 Å². The number of carbonyl (C=O) groups is 1. The summed E-state index contributed by atoms with van der Waals surface area (Å²) in [7, 11) is 0. The first-order chi connectivity index (χ1) is 19.2. The molecule has 0 saturated carbocycles. The topological polar surface area (TPSA) is 117 Å². The molecule has 0 aliphatic heterocycles. The van der Waals surface area contributed by atoms with E-state index in [1.807, 2.05) is 26.0 Å². The fourth-order valence-electron chi connectivity index (χ4n) is 4.43. The maximum atomic E-state index is 15.1. The molecule has 4 aromatic carbocycles. The van der Waals surface area contributed by atoms with Gasteiger partial charge in [-0.3, -0.25) is 4.57 Å². The Bertz CT molecular complexity index is 1780. The Morgan fingerprint density at radius 2 is 1.65 bits per heavy atom. The van der Waals surface area contributed by atoms with E-state index in [1.165, 1.54) is 28.8 Å². The number of para-hydroxylation sites is 1. The highest BCUT2D eigenvalue weighted by Crippen LogP contribution is 2.45. The Morgan fingerprint density at radius 3 is 2.35 bits per heavy atom. The third-order valence-corrected chi connectivity index (χ3v) is 6.41. The van der Waals surface area contributed by atoms with Crippen LogP contribution in [0.5, 0.6) is 17.4 Å². The SMILES string of the molecule is CC(C)c1ccc(-n2c(O)c(N=Nc3cccc(-c4cccc(OC(=O)O)c4)c3O)c3c(F)c(F)ccc32)cc1. The van der Waals surface area contributed by atoms with Gasteiger partial charge in [-0.1, -0.05) is 50.2 Å². The number of hydrogen-bond acceptors (Lipinski definition) is 6. The van der Waals surface area contributed by atoms with Gasteiger partial charge in [0.25, 0.3) is 0 Å². The molecule has 0 fully saturated rings. The van der Waals surface area contributed by atoms with E-state index in [0.717, 1.165) is 11.6 Å². The molecule has 0 atom stereocenters. The number of ether oxygens (including phenoxy) is 1. The fraction of sp³-hybridized carbons (Fsp3) is 0.100. The lowest BCUT2D eigenvalue weighted by Crippen LogP contribution is -2.02. The lowest BCUT2D eigenvalue weighted by Gasteiger charge is -2.10. The smallest absolute Gasteiger partial charge is 0.505 e. The van der Waals surface area contributed by atoms with Gasteiger partial charge in [-0.05, 0) is 59.5 Å². The zero-order valence-electron chi connectivity index (χ0n) is 21.3. The molecule has 0 aliphatic carbocycles. The van der Waals surface area contributed by atoms with Crippen molar-refractivity contribution >= 4 is 28.4 Å². The standard InChI is InChI=1S/C30H23F2N3O5/c1-16(2)17-9-11-19(12-10-17)35-24-14-13-22(31)26(32)25(24)27(29(35)37)34-33-23-8-4-7-21(28(23)36)18-5-3-6-20(15-18)40-30(38)39/h3-16,36-37H,1-2H3,(H,38,39). The van der Waals surface area contributed by atoms with Crippen LogP contribution in [-0.4, -0.2) is 26.0 Å². The largest absolute Gasteiger partial charge is 0.511 e. The Balaban J connectivity index is 1.61. The molecule has 0 radical (unpaired) electrons. The van der Waals surface area contributed by atoms with Crippen molar-refractivity contribution < 1.29 is 33.6 Å². The third-order valence-electron chi connectivity index (χ3n) is 6.41. The highest BCUT2D eigenvalue weighted by atomic mass is 19.2. The van der Waals surface area contributed by atoms with Crippen LogP contribution in [0.4, 0.5) is 25.0 Å². The molecule has 0 unspecified atom stereocenters. The summed E-state index contributed by atoms with van der Waals surface area (Å²) >= 11 is 0. The van der Waals surface area contributed by atoms with Gasteiger partial charge in [0.1, 0.15) is 11.4 Å². The quantitative estimate of drug-likeness (QED) is 0.113. The van der Waals surface area contributed by atoms with E-state index in [2.05, 4.69) is 15.0 Å². The van der Waals surface area contributed by atoms with Crippen LogP contribution in [0.2, 0.25) is 0 Å².